The van der Waals surface area contributed by atoms with E-state index in [9.17, 15) is 43.3 Å². The normalized spacial score (nSPS) is 20.8. The Labute approximate surface area is 395 Å². The SMILES string of the molecule is CCCCCCCCCCCCCC/C=C/CC/C=C/C(O)C(COC1OC(CO)C(O)C(OS(=O)(=O)O)C1O)NC(=O)C(O)CCCCCCCCCCCCCCCCCCCC. The highest BCUT2D eigenvalue weighted by atomic mass is 32.3. The van der Waals surface area contributed by atoms with Crippen molar-refractivity contribution < 1.29 is 57.0 Å². The first-order valence-electron chi connectivity index (χ1n) is 26.3. The topological polar surface area (TPSA) is 212 Å². The van der Waals surface area contributed by atoms with Crippen LogP contribution in [0.1, 0.15) is 232 Å². The first kappa shape index (κ1) is 61.6. The Bertz CT molecular complexity index is 1270. The fourth-order valence-electron chi connectivity index (χ4n) is 8.42. The van der Waals surface area contributed by atoms with Crippen LogP contribution in [-0.4, -0.2) is 107 Å². The Balaban J connectivity index is 2.52. The molecule has 1 aliphatic rings. The van der Waals surface area contributed by atoms with E-state index in [0.29, 0.717) is 12.8 Å². The molecule has 1 saturated heterocycles. The van der Waals surface area contributed by atoms with Crippen LogP contribution in [-0.2, 0) is 28.9 Å². The summed E-state index contributed by atoms with van der Waals surface area (Å²) in [5, 5.41) is 55.4. The highest BCUT2D eigenvalue weighted by Crippen LogP contribution is 2.26. The van der Waals surface area contributed by atoms with Crippen molar-refractivity contribution in [2.24, 2.45) is 0 Å². The summed E-state index contributed by atoms with van der Waals surface area (Å²) in [4.78, 5) is 13.2. The average molecular weight is 948 g/mol. The lowest BCUT2D eigenvalue weighted by molar-refractivity contribution is -0.298. The van der Waals surface area contributed by atoms with Crippen LogP contribution < -0.4 is 5.32 Å². The van der Waals surface area contributed by atoms with Crippen LogP contribution >= 0.6 is 0 Å². The fraction of sp³-hybridized carbons (Fsp3) is 0.902. The van der Waals surface area contributed by atoms with Crippen molar-refractivity contribution in [1.29, 1.82) is 0 Å². The monoisotopic (exact) mass is 948 g/mol. The second-order valence-electron chi connectivity index (χ2n) is 18.6. The van der Waals surface area contributed by atoms with E-state index in [2.05, 4.69) is 35.5 Å². The van der Waals surface area contributed by atoms with E-state index in [1.807, 2.05) is 0 Å². The number of hydrogen-bond acceptors (Lipinski definition) is 11. The quantitative estimate of drug-likeness (QED) is 0.0173. The maximum Gasteiger partial charge on any atom is 0.397 e. The van der Waals surface area contributed by atoms with Gasteiger partial charge in [-0.1, -0.05) is 224 Å². The smallest absolute Gasteiger partial charge is 0.394 e. The Morgan fingerprint density at radius 2 is 1.03 bits per heavy atom. The second-order valence-corrected chi connectivity index (χ2v) is 19.7. The zero-order chi connectivity index (χ0) is 47.8. The van der Waals surface area contributed by atoms with Gasteiger partial charge in [0.25, 0.3) is 0 Å². The summed E-state index contributed by atoms with van der Waals surface area (Å²) in [7, 11) is -5.12. The van der Waals surface area contributed by atoms with E-state index in [0.717, 1.165) is 38.5 Å². The van der Waals surface area contributed by atoms with Crippen molar-refractivity contribution in [1.82, 2.24) is 5.32 Å². The molecule has 0 bridgehead atoms. The fourth-order valence-corrected chi connectivity index (χ4v) is 8.93. The second kappa shape index (κ2) is 41.5. The van der Waals surface area contributed by atoms with Gasteiger partial charge in [-0.3, -0.25) is 9.35 Å². The molecule has 1 heterocycles. The Kier molecular flexibility index (Phi) is 39.3. The first-order chi connectivity index (χ1) is 31.4. The van der Waals surface area contributed by atoms with Gasteiger partial charge in [-0.2, -0.15) is 8.42 Å². The van der Waals surface area contributed by atoms with Crippen molar-refractivity contribution in [2.75, 3.05) is 13.2 Å². The number of nitrogens with one attached hydrogen (secondary N) is 1. The molecular formula is C51H97NO12S. The Morgan fingerprint density at radius 3 is 1.48 bits per heavy atom. The van der Waals surface area contributed by atoms with Crippen LogP contribution in [0.15, 0.2) is 24.3 Å². The minimum Gasteiger partial charge on any atom is -0.394 e. The lowest BCUT2D eigenvalue weighted by Gasteiger charge is -2.41. The highest BCUT2D eigenvalue weighted by molar-refractivity contribution is 7.80. The predicted octanol–water partition coefficient (Wildman–Crippen LogP) is 10.3. The molecule has 13 nitrogen and oxygen atoms in total. The molecule has 1 rings (SSSR count). The largest absolute Gasteiger partial charge is 0.397 e. The number of carbonyl (C=O) groups is 1. The number of aliphatic hydroxyl groups is 5. The van der Waals surface area contributed by atoms with Crippen molar-refractivity contribution in [3.05, 3.63) is 24.3 Å². The molecule has 0 aromatic rings. The van der Waals surface area contributed by atoms with Gasteiger partial charge in [-0.25, -0.2) is 4.18 Å². The van der Waals surface area contributed by atoms with Crippen LogP contribution in [0, 0.1) is 0 Å². The minimum absolute atomic E-state index is 0.241. The lowest BCUT2D eigenvalue weighted by Crippen LogP contribution is -2.61. The number of amides is 1. The molecule has 65 heavy (non-hydrogen) atoms. The zero-order valence-corrected chi connectivity index (χ0v) is 41.7. The number of aliphatic hydroxyl groups excluding tert-OH is 5. The molecule has 1 amide bonds. The summed E-state index contributed by atoms with van der Waals surface area (Å²) in [5.74, 6) is -0.708. The van der Waals surface area contributed by atoms with Crippen molar-refractivity contribution in [2.45, 2.75) is 281 Å². The summed E-state index contributed by atoms with van der Waals surface area (Å²) in [5.41, 5.74) is 0. The number of ether oxygens (including phenoxy) is 2. The number of unbranched alkanes of at least 4 members (excludes halogenated alkanes) is 30. The van der Waals surface area contributed by atoms with E-state index in [-0.39, 0.29) is 6.42 Å². The first-order valence-corrected chi connectivity index (χ1v) is 27.7. The number of rotatable bonds is 45. The summed E-state index contributed by atoms with van der Waals surface area (Å²) in [6, 6.07) is -1.13. The minimum atomic E-state index is -5.12. The maximum atomic E-state index is 13.2. The molecule has 0 aromatic heterocycles. The van der Waals surface area contributed by atoms with Crippen LogP contribution in [0.3, 0.4) is 0 Å². The van der Waals surface area contributed by atoms with Crippen LogP contribution in [0.5, 0.6) is 0 Å². The Morgan fingerprint density at radius 1 is 0.615 bits per heavy atom. The van der Waals surface area contributed by atoms with Crippen LogP contribution in [0.4, 0.5) is 0 Å². The molecule has 1 fully saturated rings. The van der Waals surface area contributed by atoms with Crippen molar-refractivity contribution in [3.63, 3.8) is 0 Å². The molecule has 8 atom stereocenters. The maximum absolute atomic E-state index is 13.2. The third kappa shape index (κ3) is 33.6. The summed E-state index contributed by atoms with van der Waals surface area (Å²) >= 11 is 0. The third-order valence-corrected chi connectivity index (χ3v) is 13.1. The molecule has 0 saturated carbocycles. The number of hydrogen-bond donors (Lipinski definition) is 7. The van der Waals surface area contributed by atoms with E-state index in [4.69, 9.17) is 9.47 Å². The third-order valence-electron chi connectivity index (χ3n) is 12.6. The number of carbonyl (C=O) groups excluding carboxylic acids is 1. The number of allylic oxidation sites excluding steroid dienone is 3. The van der Waals surface area contributed by atoms with E-state index < -0.39 is 78.5 Å². The van der Waals surface area contributed by atoms with Gasteiger partial charge in [-0.05, 0) is 32.1 Å². The lowest BCUT2D eigenvalue weighted by atomic mass is 9.99. The highest BCUT2D eigenvalue weighted by Gasteiger charge is 2.48. The molecule has 384 valence electrons. The van der Waals surface area contributed by atoms with Gasteiger partial charge in [0.05, 0.1) is 25.4 Å². The van der Waals surface area contributed by atoms with Crippen molar-refractivity contribution >= 4 is 16.3 Å². The zero-order valence-electron chi connectivity index (χ0n) is 40.9. The van der Waals surface area contributed by atoms with Gasteiger partial charge >= 0.3 is 10.4 Å². The summed E-state index contributed by atoms with van der Waals surface area (Å²) in [6.07, 6.45) is 36.8. The predicted molar refractivity (Wildman–Crippen MR) is 261 cm³/mol. The molecule has 0 spiro atoms. The molecule has 0 radical (unpaired) electrons. The molecule has 7 N–H and O–H groups in total. The van der Waals surface area contributed by atoms with Gasteiger partial charge in [0, 0.05) is 0 Å². The molecular weight excluding hydrogens is 851 g/mol. The van der Waals surface area contributed by atoms with Gasteiger partial charge in [-0.15, -0.1) is 0 Å². The molecule has 0 aromatic carbocycles. The standard InChI is InChI=1S/C51H97NO12S/c1-3-5-7-9-11-13-15-17-19-21-23-25-27-29-31-33-35-37-39-44(54)43(42-62-51-48(57)49(64-65(59,60)61)47(56)46(41-53)63-51)52-50(58)45(55)40-38-36-34-32-30-28-26-24-22-20-18-16-14-12-10-8-6-4-2/h29,31,37,39,43-49,51,53-57H,3-28,30,32-36,38,40-42H2,1-2H3,(H,52,58)(H,59,60,61)/b31-29+,39-37+. The van der Waals surface area contributed by atoms with Gasteiger partial charge < -0.3 is 40.3 Å². The molecule has 8 unspecified atom stereocenters. The van der Waals surface area contributed by atoms with Gasteiger partial charge in [0.2, 0.25) is 5.91 Å². The van der Waals surface area contributed by atoms with Crippen LogP contribution in [0.25, 0.3) is 0 Å². The Hall–Kier alpha value is -1.46. The van der Waals surface area contributed by atoms with E-state index >= 15 is 0 Å². The average Bonchev–Trinajstić information content (AvgIpc) is 3.28. The molecule has 1 aliphatic heterocycles. The summed E-state index contributed by atoms with van der Waals surface area (Å²) < 4.78 is 47.6. The van der Waals surface area contributed by atoms with Gasteiger partial charge in [0.15, 0.2) is 6.29 Å². The van der Waals surface area contributed by atoms with E-state index in [1.54, 1.807) is 6.08 Å². The molecule has 14 heteroatoms. The van der Waals surface area contributed by atoms with Gasteiger partial charge in [0.1, 0.15) is 30.5 Å². The van der Waals surface area contributed by atoms with Crippen LogP contribution in [0.2, 0.25) is 0 Å². The molecule has 0 aliphatic carbocycles. The van der Waals surface area contributed by atoms with E-state index in [1.165, 1.54) is 167 Å². The van der Waals surface area contributed by atoms with Crippen molar-refractivity contribution in [3.8, 4) is 0 Å². The summed E-state index contributed by atoms with van der Waals surface area (Å²) in [6.45, 7) is 3.23.